The number of carbonyl (C=O) groups is 1. The van der Waals surface area contributed by atoms with Gasteiger partial charge in [0.1, 0.15) is 5.82 Å². The summed E-state index contributed by atoms with van der Waals surface area (Å²) in [7, 11) is 1.43. The minimum atomic E-state index is -0.145. The molecule has 0 aliphatic carbocycles. The van der Waals surface area contributed by atoms with E-state index in [0.717, 1.165) is 25.2 Å². The molecular weight excluding hydrogens is 204 g/mol. The average Bonchev–Trinajstić information content (AvgIpc) is 2.73. The van der Waals surface area contributed by atoms with Gasteiger partial charge in [-0.3, -0.25) is 4.79 Å². The first kappa shape index (κ1) is 12.7. The monoisotopic (exact) mass is 224 g/mol. The van der Waals surface area contributed by atoms with Crippen molar-refractivity contribution in [2.75, 3.05) is 7.11 Å². The number of methoxy groups -OCH3 is 1. The highest BCUT2D eigenvalue weighted by Crippen LogP contribution is 2.13. The summed E-state index contributed by atoms with van der Waals surface area (Å²) >= 11 is 0. The predicted molar refractivity (Wildman–Crippen MR) is 62.0 cm³/mol. The first-order valence-corrected chi connectivity index (χ1v) is 5.80. The van der Waals surface area contributed by atoms with Gasteiger partial charge in [0.25, 0.3) is 0 Å². The average molecular weight is 224 g/mol. The minimum absolute atomic E-state index is 0.0805. The lowest BCUT2D eigenvalue weighted by molar-refractivity contribution is -0.145. The fourth-order valence-electron chi connectivity index (χ4n) is 1.76. The molecule has 4 nitrogen and oxygen atoms in total. The van der Waals surface area contributed by atoms with Gasteiger partial charge in [0.05, 0.1) is 13.0 Å². The molecule has 0 aliphatic rings. The van der Waals surface area contributed by atoms with Gasteiger partial charge < -0.3 is 9.30 Å². The maximum absolute atomic E-state index is 11.5. The number of hydrogen-bond acceptors (Lipinski definition) is 3. The van der Waals surface area contributed by atoms with Gasteiger partial charge in [0, 0.05) is 25.4 Å². The largest absolute Gasteiger partial charge is 0.469 e. The zero-order chi connectivity index (χ0) is 12.0. The molecule has 1 heterocycles. The van der Waals surface area contributed by atoms with Crippen LogP contribution >= 0.6 is 0 Å². The third kappa shape index (κ3) is 3.08. The van der Waals surface area contributed by atoms with E-state index in [1.165, 1.54) is 7.11 Å². The van der Waals surface area contributed by atoms with Crippen LogP contribution in [-0.4, -0.2) is 22.6 Å². The fraction of sp³-hybridized carbons (Fsp3) is 0.667. The van der Waals surface area contributed by atoms with Gasteiger partial charge in [-0.05, 0) is 12.8 Å². The summed E-state index contributed by atoms with van der Waals surface area (Å²) in [4.78, 5) is 15.8. The van der Waals surface area contributed by atoms with Crippen LogP contribution in [0.5, 0.6) is 0 Å². The number of aryl methyl sites for hydroxylation is 1. The summed E-state index contributed by atoms with van der Waals surface area (Å²) in [5, 5.41) is 0. The standard InChI is InChI=1S/C12H20N2O2/c1-4-7-14-8-6-13-11(14)9-10(5-2)12(15)16-3/h6,8,10H,4-5,7,9H2,1-3H3. The van der Waals surface area contributed by atoms with E-state index in [1.54, 1.807) is 6.20 Å². The van der Waals surface area contributed by atoms with Gasteiger partial charge in [0.15, 0.2) is 0 Å². The Labute approximate surface area is 96.6 Å². The fourth-order valence-corrected chi connectivity index (χ4v) is 1.76. The second kappa shape index (κ2) is 6.30. The molecule has 0 saturated carbocycles. The topological polar surface area (TPSA) is 44.1 Å². The lowest BCUT2D eigenvalue weighted by atomic mass is 10.0. The van der Waals surface area contributed by atoms with Crippen molar-refractivity contribution in [2.45, 2.75) is 39.7 Å². The number of nitrogens with zero attached hydrogens (tertiary/aromatic N) is 2. The Bertz CT molecular complexity index is 334. The summed E-state index contributed by atoms with van der Waals surface area (Å²) < 4.78 is 6.88. The Balaban J connectivity index is 2.69. The van der Waals surface area contributed by atoms with Crippen molar-refractivity contribution in [1.82, 2.24) is 9.55 Å². The number of carbonyl (C=O) groups excluding carboxylic acids is 1. The number of aromatic nitrogens is 2. The van der Waals surface area contributed by atoms with E-state index in [2.05, 4.69) is 16.5 Å². The Morgan fingerprint density at radius 1 is 1.56 bits per heavy atom. The van der Waals surface area contributed by atoms with E-state index >= 15 is 0 Å². The molecular formula is C12H20N2O2. The molecule has 0 bridgehead atoms. The highest BCUT2D eigenvalue weighted by Gasteiger charge is 2.19. The van der Waals surface area contributed by atoms with Crippen molar-refractivity contribution in [3.8, 4) is 0 Å². The van der Waals surface area contributed by atoms with Crippen LogP contribution in [0.25, 0.3) is 0 Å². The molecule has 0 aromatic carbocycles. The van der Waals surface area contributed by atoms with Crippen LogP contribution < -0.4 is 0 Å². The molecule has 0 aliphatic heterocycles. The molecule has 0 N–H and O–H groups in total. The van der Waals surface area contributed by atoms with Crippen LogP contribution in [0.1, 0.15) is 32.5 Å². The Morgan fingerprint density at radius 3 is 2.88 bits per heavy atom. The quantitative estimate of drug-likeness (QED) is 0.694. The number of esters is 1. The normalized spacial score (nSPS) is 12.4. The molecule has 0 fully saturated rings. The van der Waals surface area contributed by atoms with Crippen LogP contribution in [0.2, 0.25) is 0 Å². The summed E-state index contributed by atoms with van der Waals surface area (Å²) in [5.41, 5.74) is 0. The molecule has 0 spiro atoms. The molecule has 1 unspecified atom stereocenters. The molecule has 1 rings (SSSR count). The highest BCUT2D eigenvalue weighted by atomic mass is 16.5. The molecule has 0 amide bonds. The SMILES string of the molecule is CCCn1ccnc1CC(CC)C(=O)OC. The van der Waals surface area contributed by atoms with E-state index in [0.29, 0.717) is 6.42 Å². The zero-order valence-corrected chi connectivity index (χ0v) is 10.3. The van der Waals surface area contributed by atoms with Crippen molar-refractivity contribution in [3.05, 3.63) is 18.2 Å². The summed E-state index contributed by atoms with van der Waals surface area (Å²) in [5.74, 6) is 0.746. The Hall–Kier alpha value is -1.32. The first-order chi connectivity index (χ1) is 7.72. The predicted octanol–water partition coefficient (Wildman–Crippen LogP) is 2.03. The molecule has 1 aromatic rings. The van der Waals surface area contributed by atoms with Crippen LogP contribution in [-0.2, 0) is 22.5 Å². The Kier molecular flexibility index (Phi) is 5.02. The van der Waals surface area contributed by atoms with Gasteiger partial charge in [0.2, 0.25) is 0 Å². The molecule has 90 valence electrons. The number of rotatable bonds is 6. The lowest BCUT2D eigenvalue weighted by Crippen LogP contribution is -2.20. The van der Waals surface area contributed by atoms with Crippen molar-refractivity contribution < 1.29 is 9.53 Å². The van der Waals surface area contributed by atoms with Crippen molar-refractivity contribution in [3.63, 3.8) is 0 Å². The molecule has 0 radical (unpaired) electrons. The second-order valence-electron chi connectivity index (χ2n) is 3.87. The maximum Gasteiger partial charge on any atom is 0.309 e. The van der Waals surface area contributed by atoms with Gasteiger partial charge in [-0.2, -0.15) is 0 Å². The van der Waals surface area contributed by atoms with Crippen LogP contribution in [0.4, 0.5) is 0 Å². The van der Waals surface area contributed by atoms with E-state index < -0.39 is 0 Å². The van der Waals surface area contributed by atoms with Gasteiger partial charge in [-0.15, -0.1) is 0 Å². The van der Waals surface area contributed by atoms with E-state index in [-0.39, 0.29) is 11.9 Å². The van der Waals surface area contributed by atoms with Crippen molar-refractivity contribution in [1.29, 1.82) is 0 Å². The maximum atomic E-state index is 11.5. The third-order valence-electron chi connectivity index (χ3n) is 2.72. The molecule has 16 heavy (non-hydrogen) atoms. The molecule has 4 heteroatoms. The molecule has 1 aromatic heterocycles. The first-order valence-electron chi connectivity index (χ1n) is 5.80. The zero-order valence-electron chi connectivity index (χ0n) is 10.3. The van der Waals surface area contributed by atoms with E-state index in [1.807, 2.05) is 13.1 Å². The summed E-state index contributed by atoms with van der Waals surface area (Å²) in [6, 6.07) is 0. The van der Waals surface area contributed by atoms with Crippen molar-refractivity contribution >= 4 is 5.97 Å². The van der Waals surface area contributed by atoms with E-state index in [4.69, 9.17) is 4.74 Å². The smallest absolute Gasteiger partial charge is 0.309 e. The summed E-state index contributed by atoms with van der Waals surface area (Å²) in [6.45, 7) is 5.07. The second-order valence-corrected chi connectivity index (χ2v) is 3.87. The van der Waals surface area contributed by atoms with Gasteiger partial charge in [-0.1, -0.05) is 13.8 Å². The number of hydrogen-bond donors (Lipinski definition) is 0. The highest BCUT2D eigenvalue weighted by molar-refractivity contribution is 5.72. The minimum Gasteiger partial charge on any atom is -0.469 e. The lowest BCUT2D eigenvalue weighted by Gasteiger charge is -2.13. The Morgan fingerprint density at radius 2 is 2.31 bits per heavy atom. The van der Waals surface area contributed by atoms with Crippen LogP contribution in [0.15, 0.2) is 12.4 Å². The van der Waals surface area contributed by atoms with Crippen molar-refractivity contribution in [2.24, 2.45) is 5.92 Å². The molecule has 1 atom stereocenters. The van der Waals surface area contributed by atoms with Gasteiger partial charge in [-0.25, -0.2) is 4.98 Å². The number of ether oxygens (including phenoxy) is 1. The van der Waals surface area contributed by atoms with Gasteiger partial charge >= 0.3 is 5.97 Å². The number of imidazole rings is 1. The van der Waals surface area contributed by atoms with E-state index in [9.17, 15) is 4.79 Å². The van der Waals surface area contributed by atoms with Crippen LogP contribution in [0.3, 0.4) is 0 Å². The molecule has 0 saturated heterocycles. The summed E-state index contributed by atoms with van der Waals surface area (Å²) in [6.07, 6.45) is 6.26. The third-order valence-corrected chi connectivity index (χ3v) is 2.72. The van der Waals surface area contributed by atoms with Crippen LogP contribution in [0, 0.1) is 5.92 Å².